The Balaban J connectivity index is 1.85. The van der Waals surface area contributed by atoms with E-state index in [0.717, 1.165) is 51.8 Å². The number of carbonyl (C=O) groups is 1. The summed E-state index contributed by atoms with van der Waals surface area (Å²) in [6.45, 7) is 0. The van der Waals surface area contributed by atoms with Gasteiger partial charge in [0.2, 0.25) is 0 Å². The molecular weight excluding hydrogens is 324 g/mol. The smallest absolute Gasteiger partial charge is 0.163 e. The Hall–Kier alpha value is -3.07. The molecule has 0 radical (unpaired) electrons. The van der Waals surface area contributed by atoms with Gasteiger partial charge >= 0.3 is 0 Å². The van der Waals surface area contributed by atoms with Crippen LogP contribution in [0.5, 0.6) is 11.5 Å². The van der Waals surface area contributed by atoms with Crippen LogP contribution in [0.4, 0.5) is 0 Å². The first kappa shape index (κ1) is 15.2. The van der Waals surface area contributed by atoms with Crippen LogP contribution in [0.3, 0.4) is 0 Å². The highest BCUT2D eigenvalue weighted by molar-refractivity contribution is 6.01. The van der Waals surface area contributed by atoms with E-state index in [4.69, 9.17) is 4.74 Å². The zero-order chi connectivity index (χ0) is 17.7. The quantitative estimate of drug-likeness (QED) is 0.671. The number of ketones is 1. The van der Waals surface area contributed by atoms with Gasteiger partial charge in [-0.1, -0.05) is 42.5 Å². The number of benzene rings is 3. The zero-order valence-corrected chi connectivity index (χ0v) is 14.2. The minimum Gasteiger partial charge on any atom is -0.508 e. The van der Waals surface area contributed by atoms with E-state index in [-0.39, 0.29) is 17.5 Å². The lowest BCUT2D eigenvalue weighted by Gasteiger charge is -2.33. The number of Topliss-reactive ketones (excluding diaryl/α,β-unsaturated/α-hetero) is 1. The van der Waals surface area contributed by atoms with E-state index >= 15 is 0 Å². The number of ether oxygens (including phenoxy) is 1. The maximum absolute atomic E-state index is 12.8. The fourth-order valence-electron chi connectivity index (χ4n) is 4.22. The lowest BCUT2D eigenvalue weighted by Crippen LogP contribution is -2.25. The van der Waals surface area contributed by atoms with Crippen LogP contribution in [0.15, 0.2) is 72.0 Å². The molecule has 0 aromatic heterocycles. The topological polar surface area (TPSA) is 46.5 Å². The van der Waals surface area contributed by atoms with Gasteiger partial charge in [0.05, 0.1) is 0 Å². The van der Waals surface area contributed by atoms with Crippen LogP contribution in [0, 0.1) is 0 Å². The number of phenols is 1. The Morgan fingerprint density at radius 3 is 2.62 bits per heavy atom. The predicted octanol–water partition coefficient (Wildman–Crippen LogP) is 5.08. The number of hydrogen-bond donors (Lipinski definition) is 1. The number of allylic oxidation sites excluding steroid dienone is 2. The summed E-state index contributed by atoms with van der Waals surface area (Å²) in [7, 11) is 0. The molecule has 1 aliphatic carbocycles. The molecule has 1 atom stereocenters. The first-order chi connectivity index (χ1) is 12.7. The number of phenolic OH excluding ortho intramolecular Hbond substituents is 1. The van der Waals surface area contributed by atoms with Crippen LogP contribution < -0.4 is 4.74 Å². The summed E-state index contributed by atoms with van der Waals surface area (Å²) in [5.41, 5.74) is 2.83. The van der Waals surface area contributed by atoms with E-state index in [2.05, 4.69) is 12.1 Å². The van der Waals surface area contributed by atoms with Crippen molar-refractivity contribution in [3.63, 3.8) is 0 Å². The van der Waals surface area contributed by atoms with Crippen LogP contribution in [0.1, 0.15) is 36.3 Å². The third kappa shape index (κ3) is 2.24. The molecule has 1 heterocycles. The molecule has 1 N–H and O–H groups in total. The summed E-state index contributed by atoms with van der Waals surface area (Å²) in [6, 6.07) is 19.5. The van der Waals surface area contributed by atoms with Gasteiger partial charge in [-0.05, 0) is 41.0 Å². The molecule has 0 saturated carbocycles. The molecule has 3 heteroatoms. The fourth-order valence-corrected chi connectivity index (χ4v) is 4.22. The molecule has 2 aliphatic rings. The van der Waals surface area contributed by atoms with E-state index in [1.165, 1.54) is 0 Å². The Kier molecular flexibility index (Phi) is 3.35. The first-order valence-electron chi connectivity index (χ1n) is 8.97. The number of fused-ring (bicyclic) bond motifs is 3. The average Bonchev–Trinajstić information content (AvgIpc) is 2.67. The van der Waals surface area contributed by atoms with Crippen LogP contribution in [0.25, 0.3) is 10.8 Å². The zero-order valence-electron chi connectivity index (χ0n) is 14.2. The molecule has 0 saturated heterocycles. The lowest BCUT2D eigenvalue weighted by molar-refractivity contribution is -0.116. The van der Waals surface area contributed by atoms with E-state index in [1.807, 2.05) is 36.4 Å². The maximum atomic E-state index is 12.8. The fraction of sp³-hybridized carbons (Fsp3) is 0.174. The molecule has 1 aliphatic heterocycles. The predicted molar refractivity (Wildman–Crippen MR) is 100 cm³/mol. The second-order valence-corrected chi connectivity index (χ2v) is 6.94. The van der Waals surface area contributed by atoms with Gasteiger partial charge in [-0.3, -0.25) is 4.79 Å². The molecule has 1 unspecified atom stereocenters. The van der Waals surface area contributed by atoms with Crippen LogP contribution in [-0.2, 0) is 4.79 Å². The van der Waals surface area contributed by atoms with E-state index < -0.39 is 0 Å². The van der Waals surface area contributed by atoms with Gasteiger partial charge in [-0.15, -0.1) is 0 Å². The highest BCUT2D eigenvalue weighted by atomic mass is 16.5. The molecule has 26 heavy (non-hydrogen) atoms. The highest BCUT2D eigenvalue weighted by Crippen LogP contribution is 2.49. The van der Waals surface area contributed by atoms with Gasteiger partial charge in [0, 0.05) is 29.9 Å². The minimum atomic E-state index is -0.159. The van der Waals surface area contributed by atoms with Crippen molar-refractivity contribution in [2.45, 2.75) is 25.2 Å². The van der Waals surface area contributed by atoms with Crippen LogP contribution in [0.2, 0.25) is 0 Å². The van der Waals surface area contributed by atoms with Crippen molar-refractivity contribution in [2.75, 3.05) is 0 Å². The van der Waals surface area contributed by atoms with Gasteiger partial charge in [-0.2, -0.15) is 0 Å². The van der Waals surface area contributed by atoms with Crippen molar-refractivity contribution in [3.8, 4) is 11.5 Å². The Bertz CT molecular complexity index is 1060. The molecule has 3 nitrogen and oxygen atoms in total. The molecule has 3 aromatic rings. The average molecular weight is 342 g/mol. The van der Waals surface area contributed by atoms with Crippen molar-refractivity contribution < 1.29 is 14.6 Å². The summed E-state index contributed by atoms with van der Waals surface area (Å²) >= 11 is 0. The molecule has 128 valence electrons. The number of carbonyl (C=O) groups excluding carboxylic acids is 1. The number of rotatable bonds is 1. The summed E-state index contributed by atoms with van der Waals surface area (Å²) in [4.78, 5) is 12.8. The van der Waals surface area contributed by atoms with E-state index in [1.54, 1.807) is 12.1 Å². The highest BCUT2D eigenvalue weighted by Gasteiger charge is 2.37. The summed E-state index contributed by atoms with van der Waals surface area (Å²) in [5.74, 6) is 1.82. The molecule has 3 aromatic carbocycles. The Morgan fingerprint density at radius 2 is 1.77 bits per heavy atom. The van der Waals surface area contributed by atoms with E-state index in [0.29, 0.717) is 6.42 Å². The lowest BCUT2D eigenvalue weighted by atomic mass is 9.75. The Labute approximate surface area is 151 Å². The number of aromatic hydroxyl groups is 1. The molecular formula is C23H18O3. The largest absolute Gasteiger partial charge is 0.508 e. The summed E-state index contributed by atoms with van der Waals surface area (Å²) < 4.78 is 6.18. The standard InChI is InChI=1S/C23H18O3/c24-16-11-9-14-10-12-20-22(17(14)13-16)21(15-5-2-1-3-6-15)23-18(25)7-4-8-19(23)26-20/h1-3,5-6,9-13,21,24H,4,7-8H2. The van der Waals surface area contributed by atoms with Crippen molar-refractivity contribution in [3.05, 3.63) is 83.1 Å². The van der Waals surface area contributed by atoms with Crippen molar-refractivity contribution in [2.24, 2.45) is 0 Å². The first-order valence-corrected chi connectivity index (χ1v) is 8.97. The van der Waals surface area contributed by atoms with Gasteiger partial charge < -0.3 is 9.84 Å². The Morgan fingerprint density at radius 1 is 0.962 bits per heavy atom. The molecule has 0 spiro atoms. The van der Waals surface area contributed by atoms with E-state index in [9.17, 15) is 9.90 Å². The van der Waals surface area contributed by atoms with Crippen molar-refractivity contribution in [1.82, 2.24) is 0 Å². The normalized spacial score (nSPS) is 19.1. The third-order valence-electron chi connectivity index (χ3n) is 5.36. The monoisotopic (exact) mass is 342 g/mol. The minimum absolute atomic E-state index is 0.159. The molecule has 0 fully saturated rings. The van der Waals surface area contributed by atoms with Crippen LogP contribution in [-0.4, -0.2) is 10.9 Å². The van der Waals surface area contributed by atoms with Gasteiger partial charge in [0.1, 0.15) is 17.3 Å². The molecule has 0 amide bonds. The van der Waals surface area contributed by atoms with Crippen LogP contribution >= 0.6 is 0 Å². The SMILES string of the molecule is O=C1CCCC2=C1C(c1ccccc1)c1c(ccc3ccc(O)cc13)O2. The summed E-state index contributed by atoms with van der Waals surface area (Å²) in [5, 5.41) is 12.0. The second kappa shape index (κ2) is 5.73. The van der Waals surface area contributed by atoms with Gasteiger partial charge in [0.25, 0.3) is 0 Å². The van der Waals surface area contributed by atoms with Crippen molar-refractivity contribution >= 4 is 16.6 Å². The maximum Gasteiger partial charge on any atom is 0.163 e. The molecule has 5 rings (SSSR count). The second-order valence-electron chi connectivity index (χ2n) is 6.94. The van der Waals surface area contributed by atoms with Crippen molar-refractivity contribution in [1.29, 1.82) is 0 Å². The third-order valence-corrected chi connectivity index (χ3v) is 5.36. The summed E-state index contributed by atoms with van der Waals surface area (Å²) in [6.07, 6.45) is 2.20. The number of hydrogen-bond acceptors (Lipinski definition) is 3. The van der Waals surface area contributed by atoms with Gasteiger partial charge in [-0.25, -0.2) is 0 Å². The molecule has 0 bridgehead atoms. The van der Waals surface area contributed by atoms with Gasteiger partial charge in [0.15, 0.2) is 5.78 Å².